The molecule has 0 aromatic heterocycles. The second-order valence-electron chi connectivity index (χ2n) is 5.05. The highest BCUT2D eigenvalue weighted by Crippen LogP contribution is 2.20. The van der Waals surface area contributed by atoms with Gasteiger partial charge in [-0.2, -0.15) is 0 Å². The van der Waals surface area contributed by atoms with Gasteiger partial charge in [-0.1, -0.05) is 12.1 Å². The maximum absolute atomic E-state index is 9.19. The number of morpholine rings is 1. The normalized spacial score (nSPS) is 25.3. The fourth-order valence-corrected chi connectivity index (χ4v) is 2.30. The van der Waals surface area contributed by atoms with Crippen LogP contribution in [0.25, 0.3) is 0 Å². The zero-order valence-corrected chi connectivity index (χ0v) is 11.1. The van der Waals surface area contributed by atoms with Crippen molar-refractivity contribution in [3.8, 4) is 0 Å². The quantitative estimate of drug-likeness (QED) is 0.790. The SMILES string of the molecule is Cc1c(N)cccc1CN1CC(CO)OCC1C. The predicted molar refractivity (Wildman–Crippen MR) is 72.3 cm³/mol. The minimum absolute atomic E-state index is 0.0671. The van der Waals surface area contributed by atoms with Crippen LogP contribution in [0.3, 0.4) is 0 Å². The molecule has 1 saturated heterocycles. The van der Waals surface area contributed by atoms with Crippen LogP contribution in [0.4, 0.5) is 5.69 Å². The molecule has 0 aliphatic carbocycles. The van der Waals surface area contributed by atoms with Crippen LogP contribution < -0.4 is 5.73 Å². The number of hydrogen-bond donors (Lipinski definition) is 2. The van der Waals surface area contributed by atoms with Crippen LogP contribution in [-0.2, 0) is 11.3 Å². The van der Waals surface area contributed by atoms with E-state index >= 15 is 0 Å². The number of aliphatic hydroxyl groups excluding tert-OH is 1. The Labute approximate surface area is 108 Å². The molecule has 1 aliphatic rings. The minimum Gasteiger partial charge on any atom is -0.399 e. The first-order valence-corrected chi connectivity index (χ1v) is 6.42. The molecule has 2 rings (SSSR count). The largest absolute Gasteiger partial charge is 0.399 e. The average molecular weight is 250 g/mol. The zero-order valence-electron chi connectivity index (χ0n) is 11.1. The Bertz CT molecular complexity index is 409. The first kappa shape index (κ1) is 13.3. The molecule has 0 saturated carbocycles. The molecule has 2 unspecified atom stereocenters. The topological polar surface area (TPSA) is 58.7 Å². The van der Waals surface area contributed by atoms with Gasteiger partial charge in [-0.3, -0.25) is 4.90 Å². The number of nitrogen functional groups attached to an aromatic ring is 1. The molecular formula is C14H22N2O2. The van der Waals surface area contributed by atoms with Gasteiger partial charge in [0.25, 0.3) is 0 Å². The lowest BCUT2D eigenvalue weighted by atomic mass is 10.0. The van der Waals surface area contributed by atoms with E-state index in [4.69, 9.17) is 10.5 Å². The van der Waals surface area contributed by atoms with Gasteiger partial charge in [-0.15, -0.1) is 0 Å². The van der Waals surface area contributed by atoms with Crippen LogP contribution in [0.5, 0.6) is 0 Å². The molecule has 100 valence electrons. The maximum atomic E-state index is 9.19. The number of hydrogen-bond acceptors (Lipinski definition) is 4. The standard InChI is InChI=1S/C14H22N2O2/c1-10-9-18-13(8-17)7-16(10)6-12-4-3-5-14(15)11(12)2/h3-5,10,13,17H,6-9,15H2,1-2H3. The van der Waals surface area contributed by atoms with Gasteiger partial charge < -0.3 is 15.6 Å². The Hall–Kier alpha value is -1.10. The van der Waals surface area contributed by atoms with Crippen LogP contribution in [0, 0.1) is 6.92 Å². The van der Waals surface area contributed by atoms with Crippen molar-refractivity contribution in [1.82, 2.24) is 4.90 Å². The third kappa shape index (κ3) is 2.83. The first-order chi connectivity index (χ1) is 8.61. The summed E-state index contributed by atoms with van der Waals surface area (Å²) in [6, 6.07) is 6.40. The summed E-state index contributed by atoms with van der Waals surface area (Å²) in [5, 5.41) is 9.19. The smallest absolute Gasteiger partial charge is 0.0933 e. The van der Waals surface area contributed by atoms with E-state index in [2.05, 4.69) is 24.8 Å². The van der Waals surface area contributed by atoms with Crippen molar-refractivity contribution in [2.75, 3.05) is 25.5 Å². The van der Waals surface area contributed by atoms with Gasteiger partial charge in [0.2, 0.25) is 0 Å². The predicted octanol–water partition coefficient (Wildman–Crippen LogP) is 1.16. The summed E-state index contributed by atoms with van der Waals surface area (Å²) in [4.78, 5) is 2.34. The molecule has 3 N–H and O–H groups in total. The van der Waals surface area contributed by atoms with E-state index in [1.807, 2.05) is 12.1 Å². The number of nitrogens with zero attached hydrogens (tertiary/aromatic N) is 1. The number of rotatable bonds is 3. The molecule has 0 bridgehead atoms. The van der Waals surface area contributed by atoms with Gasteiger partial charge in [-0.25, -0.2) is 0 Å². The lowest BCUT2D eigenvalue weighted by molar-refractivity contribution is -0.0805. The molecule has 0 radical (unpaired) electrons. The lowest BCUT2D eigenvalue weighted by Gasteiger charge is -2.37. The number of benzene rings is 1. The highest BCUT2D eigenvalue weighted by atomic mass is 16.5. The molecule has 2 atom stereocenters. The van der Waals surface area contributed by atoms with Crippen LogP contribution in [0.15, 0.2) is 18.2 Å². The molecule has 4 heteroatoms. The summed E-state index contributed by atoms with van der Waals surface area (Å²) >= 11 is 0. The van der Waals surface area contributed by atoms with E-state index in [0.29, 0.717) is 12.6 Å². The summed E-state index contributed by atoms with van der Waals surface area (Å²) in [5.41, 5.74) is 9.17. The van der Waals surface area contributed by atoms with E-state index < -0.39 is 0 Å². The fraction of sp³-hybridized carbons (Fsp3) is 0.571. The van der Waals surface area contributed by atoms with E-state index in [1.54, 1.807) is 0 Å². The summed E-state index contributed by atoms with van der Waals surface area (Å²) in [6.07, 6.45) is -0.0671. The van der Waals surface area contributed by atoms with Gasteiger partial charge in [0.15, 0.2) is 0 Å². The van der Waals surface area contributed by atoms with Crippen molar-refractivity contribution >= 4 is 5.69 Å². The maximum Gasteiger partial charge on any atom is 0.0933 e. The zero-order chi connectivity index (χ0) is 13.1. The van der Waals surface area contributed by atoms with Crippen molar-refractivity contribution in [3.05, 3.63) is 29.3 Å². The van der Waals surface area contributed by atoms with E-state index in [0.717, 1.165) is 24.3 Å². The van der Waals surface area contributed by atoms with Crippen LogP contribution in [0.1, 0.15) is 18.1 Å². The molecule has 1 aromatic rings. The van der Waals surface area contributed by atoms with Gasteiger partial charge in [0.1, 0.15) is 0 Å². The summed E-state index contributed by atoms with van der Waals surface area (Å²) in [5.74, 6) is 0. The van der Waals surface area contributed by atoms with Crippen molar-refractivity contribution < 1.29 is 9.84 Å². The monoisotopic (exact) mass is 250 g/mol. The Balaban J connectivity index is 2.09. The second-order valence-corrected chi connectivity index (χ2v) is 5.05. The molecule has 4 nitrogen and oxygen atoms in total. The summed E-state index contributed by atoms with van der Waals surface area (Å²) in [7, 11) is 0. The Kier molecular flexibility index (Phi) is 4.22. The fourth-order valence-electron chi connectivity index (χ4n) is 2.30. The van der Waals surface area contributed by atoms with Crippen molar-refractivity contribution in [2.45, 2.75) is 32.5 Å². The molecule has 18 heavy (non-hydrogen) atoms. The van der Waals surface area contributed by atoms with Crippen molar-refractivity contribution in [2.24, 2.45) is 0 Å². The van der Waals surface area contributed by atoms with Gasteiger partial charge in [0.05, 0.1) is 19.3 Å². The Morgan fingerprint density at radius 3 is 3.00 bits per heavy atom. The number of nitrogens with two attached hydrogens (primary N) is 1. The third-order valence-electron chi connectivity index (χ3n) is 3.70. The molecule has 0 spiro atoms. The third-order valence-corrected chi connectivity index (χ3v) is 3.70. The Morgan fingerprint density at radius 2 is 2.28 bits per heavy atom. The van der Waals surface area contributed by atoms with Gasteiger partial charge >= 0.3 is 0 Å². The summed E-state index contributed by atoms with van der Waals surface area (Å²) in [6.45, 7) is 6.59. The van der Waals surface area contributed by atoms with Crippen LogP contribution >= 0.6 is 0 Å². The highest BCUT2D eigenvalue weighted by Gasteiger charge is 2.25. The van der Waals surface area contributed by atoms with Gasteiger partial charge in [-0.05, 0) is 31.0 Å². The van der Waals surface area contributed by atoms with E-state index in [1.165, 1.54) is 5.56 Å². The number of anilines is 1. The first-order valence-electron chi connectivity index (χ1n) is 6.42. The molecule has 1 aliphatic heterocycles. The van der Waals surface area contributed by atoms with Crippen LogP contribution in [-0.4, -0.2) is 41.9 Å². The number of ether oxygens (including phenoxy) is 1. The van der Waals surface area contributed by atoms with Gasteiger partial charge in [0, 0.05) is 24.8 Å². The average Bonchev–Trinajstić information content (AvgIpc) is 2.37. The van der Waals surface area contributed by atoms with Crippen LogP contribution in [0.2, 0.25) is 0 Å². The molecular weight excluding hydrogens is 228 g/mol. The highest BCUT2D eigenvalue weighted by molar-refractivity contribution is 5.49. The second kappa shape index (κ2) is 5.69. The molecule has 1 aromatic carbocycles. The number of aliphatic hydroxyl groups is 1. The van der Waals surface area contributed by atoms with Crippen molar-refractivity contribution in [1.29, 1.82) is 0 Å². The van der Waals surface area contributed by atoms with Crippen molar-refractivity contribution in [3.63, 3.8) is 0 Å². The van der Waals surface area contributed by atoms with E-state index in [-0.39, 0.29) is 12.7 Å². The minimum atomic E-state index is -0.0671. The molecule has 1 heterocycles. The Morgan fingerprint density at radius 1 is 1.50 bits per heavy atom. The molecule has 0 amide bonds. The summed E-state index contributed by atoms with van der Waals surface area (Å²) < 4.78 is 5.54. The lowest BCUT2D eigenvalue weighted by Crippen LogP contribution is -2.48. The molecule has 1 fully saturated rings. The van der Waals surface area contributed by atoms with E-state index in [9.17, 15) is 5.11 Å².